The van der Waals surface area contributed by atoms with E-state index in [0.29, 0.717) is 6.04 Å². The van der Waals surface area contributed by atoms with Crippen LogP contribution in [-0.4, -0.2) is 11.8 Å². The van der Waals surface area contributed by atoms with Gasteiger partial charge >= 0.3 is 0 Å². The molecule has 0 aromatic carbocycles. The molecule has 1 aliphatic rings. The maximum absolute atomic E-state index is 3.47. The van der Waals surface area contributed by atoms with E-state index in [1.165, 1.54) is 24.3 Å². The van der Waals surface area contributed by atoms with Gasteiger partial charge in [-0.3, -0.25) is 0 Å². The van der Waals surface area contributed by atoms with Gasteiger partial charge < -0.3 is 5.32 Å². The molecule has 0 amide bonds. The van der Waals surface area contributed by atoms with Crippen LogP contribution in [0.5, 0.6) is 0 Å². The quantitative estimate of drug-likeness (QED) is 0.637. The molecule has 0 saturated carbocycles. The summed E-state index contributed by atoms with van der Waals surface area (Å²) in [6.45, 7) is 18.4. The van der Waals surface area contributed by atoms with Gasteiger partial charge in [0.1, 0.15) is 0 Å². The van der Waals surface area contributed by atoms with Gasteiger partial charge in [0.25, 0.3) is 0 Å². The van der Waals surface area contributed by atoms with Gasteiger partial charge in [0.2, 0.25) is 0 Å². The normalized spacial score (nSPS) is 17.6. The van der Waals surface area contributed by atoms with Crippen LogP contribution in [0.1, 0.15) is 54.4 Å². The second-order valence-corrected chi connectivity index (χ2v) is 3.69. The zero-order valence-electron chi connectivity index (χ0n) is 12.1. The first-order chi connectivity index (χ1) is 7.83. The Hall–Kier alpha value is -0.370. The van der Waals surface area contributed by atoms with Gasteiger partial charge in [-0.05, 0) is 30.9 Å². The largest absolute Gasteiger partial charge is 0.385 e. The number of hydrogen-bond acceptors (Lipinski definition) is 2. The Morgan fingerprint density at radius 2 is 1.81 bits per heavy atom. The fourth-order valence-corrected chi connectivity index (χ4v) is 1.99. The molecular formula is C14H31NS. The van der Waals surface area contributed by atoms with Crippen LogP contribution in [0.2, 0.25) is 0 Å². The van der Waals surface area contributed by atoms with E-state index in [9.17, 15) is 0 Å². The molecule has 0 saturated heterocycles. The maximum Gasteiger partial charge on any atom is 0.0263 e. The van der Waals surface area contributed by atoms with Gasteiger partial charge in [0.15, 0.2) is 0 Å². The van der Waals surface area contributed by atoms with Crippen LogP contribution in [0.4, 0.5) is 0 Å². The monoisotopic (exact) mass is 245 g/mol. The Morgan fingerprint density at radius 1 is 1.31 bits per heavy atom. The molecule has 1 nitrogen and oxygen atoms in total. The summed E-state index contributed by atoms with van der Waals surface area (Å²) in [6.07, 6.45) is 2.54. The highest BCUT2D eigenvalue weighted by Crippen LogP contribution is 2.15. The molecule has 0 aliphatic carbocycles. The van der Waals surface area contributed by atoms with Crippen molar-refractivity contribution < 1.29 is 0 Å². The van der Waals surface area contributed by atoms with Crippen molar-refractivity contribution in [1.29, 1.82) is 0 Å². The second kappa shape index (κ2) is 20.1. The molecule has 2 heteroatoms. The van der Waals surface area contributed by atoms with Crippen molar-refractivity contribution in [3.8, 4) is 0 Å². The van der Waals surface area contributed by atoms with Gasteiger partial charge in [-0.15, -0.1) is 24.9 Å². The van der Waals surface area contributed by atoms with E-state index in [2.05, 4.69) is 37.7 Å². The van der Waals surface area contributed by atoms with E-state index in [-0.39, 0.29) is 0 Å². The SMILES string of the molecule is C=C.CC.CC.CCC1CCSC=C(C)N1. The van der Waals surface area contributed by atoms with E-state index >= 15 is 0 Å². The molecule has 0 bridgehead atoms. The molecule has 1 N–H and O–H groups in total. The molecular weight excluding hydrogens is 214 g/mol. The molecule has 0 aromatic rings. The first kappa shape index (κ1) is 21.0. The van der Waals surface area contributed by atoms with Crippen molar-refractivity contribution in [2.45, 2.75) is 60.4 Å². The molecule has 0 aromatic heterocycles. The van der Waals surface area contributed by atoms with Gasteiger partial charge in [-0.1, -0.05) is 34.6 Å². The Morgan fingerprint density at radius 3 is 2.25 bits per heavy atom. The molecule has 98 valence electrons. The Bertz CT molecular complexity index is 144. The Labute approximate surface area is 108 Å². The molecule has 1 heterocycles. The zero-order chi connectivity index (χ0) is 13.4. The van der Waals surface area contributed by atoms with Crippen LogP contribution in [0.25, 0.3) is 0 Å². The molecule has 0 spiro atoms. The lowest BCUT2D eigenvalue weighted by atomic mass is 10.2. The zero-order valence-corrected chi connectivity index (χ0v) is 12.9. The molecule has 1 atom stereocenters. The molecule has 0 fully saturated rings. The highest BCUT2D eigenvalue weighted by molar-refractivity contribution is 8.02. The third-order valence-corrected chi connectivity index (χ3v) is 2.76. The van der Waals surface area contributed by atoms with Crippen molar-refractivity contribution in [3.63, 3.8) is 0 Å². The average molecular weight is 245 g/mol. The summed E-state index contributed by atoms with van der Waals surface area (Å²) in [5, 5.41) is 5.69. The summed E-state index contributed by atoms with van der Waals surface area (Å²) in [5.74, 6) is 1.27. The van der Waals surface area contributed by atoms with Crippen LogP contribution in [0.3, 0.4) is 0 Å². The number of nitrogens with one attached hydrogen (secondary N) is 1. The third-order valence-electron chi connectivity index (χ3n) is 1.77. The van der Waals surface area contributed by atoms with Crippen LogP contribution in [0, 0.1) is 0 Å². The summed E-state index contributed by atoms with van der Waals surface area (Å²) in [7, 11) is 0. The standard InChI is InChI=1S/C8H15NS.2C2H6.C2H4/c1-3-8-4-5-10-6-7(2)9-8;3*1-2/h6,8-9H,3-5H2,1-2H3;2*1-2H3;1-2H2. The van der Waals surface area contributed by atoms with Crippen LogP contribution in [0.15, 0.2) is 24.3 Å². The Kier molecular flexibility index (Phi) is 26.3. The molecule has 1 unspecified atom stereocenters. The van der Waals surface area contributed by atoms with E-state index in [0.717, 1.165) is 0 Å². The third kappa shape index (κ3) is 13.6. The fourth-order valence-electron chi connectivity index (χ4n) is 1.13. The van der Waals surface area contributed by atoms with Crippen LogP contribution in [-0.2, 0) is 0 Å². The van der Waals surface area contributed by atoms with Crippen molar-refractivity contribution in [3.05, 3.63) is 24.3 Å². The maximum atomic E-state index is 3.47. The predicted molar refractivity (Wildman–Crippen MR) is 82.0 cm³/mol. The fraction of sp³-hybridized carbons (Fsp3) is 0.714. The van der Waals surface area contributed by atoms with Crippen molar-refractivity contribution >= 4 is 11.8 Å². The van der Waals surface area contributed by atoms with Crippen LogP contribution < -0.4 is 5.32 Å². The highest BCUT2D eigenvalue weighted by Gasteiger charge is 2.07. The van der Waals surface area contributed by atoms with E-state index in [1.54, 1.807) is 0 Å². The smallest absolute Gasteiger partial charge is 0.0263 e. The summed E-state index contributed by atoms with van der Waals surface area (Å²) in [5.41, 5.74) is 1.33. The summed E-state index contributed by atoms with van der Waals surface area (Å²) in [4.78, 5) is 0. The lowest BCUT2D eigenvalue weighted by molar-refractivity contribution is 0.541. The molecule has 1 rings (SSSR count). The number of rotatable bonds is 1. The van der Waals surface area contributed by atoms with Gasteiger partial charge in [-0.25, -0.2) is 0 Å². The summed E-state index contributed by atoms with van der Waals surface area (Å²) < 4.78 is 0. The number of allylic oxidation sites excluding steroid dienone is 1. The topological polar surface area (TPSA) is 12.0 Å². The summed E-state index contributed by atoms with van der Waals surface area (Å²) in [6, 6.07) is 0.714. The number of hydrogen-bond donors (Lipinski definition) is 1. The highest BCUT2D eigenvalue weighted by atomic mass is 32.2. The first-order valence-corrected chi connectivity index (χ1v) is 7.42. The Balaban J connectivity index is -0.000000245. The predicted octanol–water partition coefficient (Wildman–Crippen LogP) is 5.21. The second-order valence-electron chi connectivity index (χ2n) is 2.71. The minimum absolute atomic E-state index is 0.714. The molecule has 1 aliphatic heterocycles. The first-order valence-electron chi connectivity index (χ1n) is 6.38. The van der Waals surface area contributed by atoms with Gasteiger partial charge in [0, 0.05) is 11.7 Å². The van der Waals surface area contributed by atoms with Crippen molar-refractivity contribution in [1.82, 2.24) is 5.32 Å². The van der Waals surface area contributed by atoms with Gasteiger partial charge in [0.05, 0.1) is 0 Å². The van der Waals surface area contributed by atoms with E-state index < -0.39 is 0 Å². The number of thioether (sulfide) groups is 1. The average Bonchev–Trinajstić information content (AvgIpc) is 2.61. The van der Waals surface area contributed by atoms with Crippen LogP contribution >= 0.6 is 11.8 Å². The van der Waals surface area contributed by atoms with E-state index in [1.807, 2.05) is 39.5 Å². The van der Waals surface area contributed by atoms with Crippen molar-refractivity contribution in [2.75, 3.05) is 5.75 Å². The molecule has 16 heavy (non-hydrogen) atoms. The lowest BCUT2D eigenvalue weighted by Crippen LogP contribution is -2.25. The molecule has 0 radical (unpaired) electrons. The minimum Gasteiger partial charge on any atom is -0.385 e. The minimum atomic E-state index is 0.714. The van der Waals surface area contributed by atoms with E-state index in [4.69, 9.17) is 0 Å². The lowest BCUT2D eigenvalue weighted by Gasteiger charge is -2.14. The van der Waals surface area contributed by atoms with Gasteiger partial charge in [-0.2, -0.15) is 0 Å². The van der Waals surface area contributed by atoms with Crippen molar-refractivity contribution in [2.24, 2.45) is 0 Å². The summed E-state index contributed by atoms with van der Waals surface area (Å²) >= 11 is 1.92.